The average Bonchev–Trinajstić information content (AvgIpc) is 3.23. The van der Waals surface area contributed by atoms with E-state index in [1.165, 1.54) is 12.3 Å². The van der Waals surface area contributed by atoms with Crippen molar-refractivity contribution in [1.82, 2.24) is 15.2 Å². The second kappa shape index (κ2) is 9.20. The molecular formula is C22H23ClFN3O2. The minimum absolute atomic E-state index is 0. The van der Waals surface area contributed by atoms with Crippen LogP contribution < -0.4 is 5.32 Å². The Bertz CT molecular complexity index is 991. The lowest BCUT2D eigenvalue weighted by molar-refractivity contribution is 0.0698. The maximum atomic E-state index is 14.1. The molecule has 0 spiro atoms. The highest BCUT2D eigenvalue weighted by Crippen LogP contribution is 2.30. The molecule has 1 aromatic heterocycles. The number of carbonyl (C=O) groups excluding carboxylic acids is 1. The fraction of sp³-hybridized carbons (Fsp3) is 0.273. The molecule has 1 saturated heterocycles. The average molecular weight is 416 g/mol. The van der Waals surface area contributed by atoms with Gasteiger partial charge in [-0.05, 0) is 44.2 Å². The molecule has 29 heavy (non-hydrogen) atoms. The number of oxazole rings is 1. The number of rotatable bonds is 4. The van der Waals surface area contributed by atoms with Crippen molar-refractivity contribution in [3.63, 3.8) is 0 Å². The van der Waals surface area contributed by atoms with E-state index in [-0.39, 0.29) is 24.1 Å². The third-order valence-electron chi connectivity index (χ3n) is 5.15. The van der Waals surface area contributed by atoms with Gasteiger partial charge >= 0.3 is 0 Å². The van der Waals surface area contributed by atoms with Crippen molar-refractivity contribution in [1.29, 1.82) is 0 Å². The van der Waals surface area contributed by atoms with E-state index in [2.05, 4.69) is 10.3 Å². The predicted octanol–water partition coefficient (Wildman–Crippen LogP) is 4.39. The predicted molar refractivity (Wildman–Crippen MR) is 113 cm³/mol. The van der Waals surface area contributed by atoms with Crippen LogP contribution in [0.5, 0.6) is 0 Å². The molecule has 3 aromatic rings. The Balaban J connectivity index is 0.00000240. The number of hydrogen-bond acceptors (Lipinski definition) is 4. The van der Waals surface area contributed by atoms with E-state index in [0.717, 1.165) is 19.4 Å². The molecule has 1 aliphatic rings. The van der Waals surface area contributed by atoms with Gasteiger partial charge in [-0.15, -0.1) is 12.4 Å². The minimum atomic E-state index is -0.374. The second-order valence-corrected chi connectivity index (χ2v) is 6.93. The number of hydrogen-bond donors (Lipinski definition) is 1. The Morgan fingerprint density at radius 1 is 1.17 bits per heavy atom. The number of likely N-dealkylation sites (tertiary alicyclic amines) is 1. The highest BCUT2D eigenvalue weighted by atomic mass is 35.5. The summed E-state index contributed by atoms with van der Waals surface area (Å²) in [6.45, 7) is 1.41. The lowest BCUT2D eigenvalue weighted by Crippen LogP contribution is -2.47. The molecule has 7 heteroatoms. The lowest BCUT2D eigenvalue weighted by Gasteiger charge is -2.32. The third-order valence-corrected chi connectivity index (χ3v) is 5.15. The highest BCUT2D eigenvalue weighted by Gasteiger charge is 2.26. The molecule has 0 saturated carbocycles. The van der Waals surface area contributed by atoms with Crippen LogP contribution in [0, 0.1) is 5.82 Å². The van der Waals surface area contributed by atoms with Gasteiger partial charge in [-0.25, -0.2) is 9.37 Å². The summed E-state index contributed by atoms with van der Waals surface area (Å²) >= 11 is 0. The SMILES string of the molecule is CNC1CCCN(C(=O)c2ccccc2-c2ncc(-c3ccccc3F)o2)C1.Cl. The van der Waals surface area contributed by atoms with E-state index in [1.807, 2.05) is 30.1 Å². The number of halogens is 2. The van der Waals surface area contributed by atoms with E-state index in [9.17, 15) is 9.18 Å². The molecule has 4 rings (SSSR count). The van der Waals surface area contributed by atoms with Crippen LogP contribution >= 0.6 is 12.4 Å². The number of nitrogens with zero attached hydrogens (tertiary/aromatic N) is 2. The van der Waals surface area contributed by atoms with Crippen LogP contribution in [0.1, 0.15) is 23.2 Å². The summed E-state index contributed by atoms with van der Waals surface area (Å²) < 4.78 is 19.9. The first-order chi connectivity index (χ1) is 13.7. The fourth-order valence-corrected chi connectivity index (χ4v) is 3.61. The zero-order valence-electron chi connectivity index (χ0n) is 16.1. The Morgan fingerprint density at radius 2 is 1.90 bits per heavy atom. The van der Waals surface area contributed by atoms with Crippen LogP contribution in [0.4, 0.5) is 4.39 Å². The van der Waals surface area contributed by atoms with Crippen LogP contribution in [0.15, 0.2) is 59.1 Å². The molecule has 1 aliphatic heterocycles. The summed E-state index contributed by atoms with van der Waals surface area (Å²) in [6.07, 6.45) is 3.52. The van der Waals surface area contributed by atoms with Crippen LogP contribution in [0.25, 0.3) is 22.8 Å². The fourth-order valence-electron chi connectivity index (χ4n) is 3.61. The van der Waals surface area contributed by atoms with Gasteiger partial charge in [0.2, 0.25) is 5.89 Å². The van der Waals surface area contributed by atoms with Gasteiger partial charge in [0.15, 0.2) is 5.76 Å². The quantitative estimate of drug-likeness (QED) is 0.686. The van der Waals surface area contributed by atoms with Crippen LogP contribution in [-0.4, -0.2) is 42.0 Å². The summed E-state index contributed by atoms with van der Waals surface area (Å²) in [5.41, 5.74) is 1.50. The van der Waals surface area contributed by atoms with Gasteiger partial charge < -0.3 is 14.6 Å². The van der Waals surface area contributed by atoms with Crippen molar-refractivity contribution in [2.45, 2.75) is 18.9 Å². The third kappa shape index (κ3) is 4.33. The van der Waals surface area contributed by atoms with Gasteiger partial charge in [0.25, 0.3) is 5.91 Å². The monoisotopic (exact) mass is 415 g/mol. The standard InChI is InChI=1S/C22H22FN3O2.ClH/c1-24-15-7-6-12-26(14-15)22(27)17-9-3-2-8-16(17)21-25-13-20(28-21)18-10-4-5-11-19(18)23;/h2-5,8-11,13,15,24H,6-7,12,14H2,1H3;1H. The largest absolute Gasteiger partial charge is 0.436 e. The topological polar surface area (TPSA) is 58.4 Å². The Morgan fingerprint density at radius 3 is 2.66 bits per heavy atom. The van der Waals surface area contributed by atoms with Crippen LogP contribution in [0.2, 0.25) is 0 Å². The summed E-state index contributed by atoms with van der Waals surface area (Å²) in [5.74, 6) is 0.232. The number of piperidine rings is 1. The summed E-state index contributed by atoms with van der Waals surface area (Å²) in [7, 11) is 1.92. The molecule has 1 fully saturated rings. The van der Waals surface area contributed by atoms with Crippen molar-refractivity contribution in [2.24, 2.45) is 0 Å². The Hall–Kier alpha value is -2.70. The molecule has 1 atom stereocenters. The van der Waals surface area contributed by atoms with E-state index < -0.39 is 0 Å². The van der Waals surface area contributed by atoms with E-state index >= 15 is 0 Å². The second-order valence-electron chi connectivity index (χ2n) is 6.93. The first-order valence-electron chi connectivity index (χ1n) is 9.44. The zero-order valence-corrected chi connectivity index (χ0v) is 16.9. The summed E-state index contributed by atoms with van der Waals surface area (Å²) in [4.78, 5) is 19.3. The van der Waals surface area contributed by atoms with Gasteiger partial charge in [-0.1, -0.05) is 24.3 Å². The highest BCUT2D eigenvalue weighted by molar-refractivity contribution is 6.00. The number of benzene rings is 2. The smallest absolute Gasteiger partial charge is 0.254 e. The molecule has 1 N–H and O–H groups in total. The van der Waals surface area contributed by atoms with E-state index in [0.29, 0.717) is 40.9 Å². The molecule has 1 unspecified atom stereocenters. The number of carbonyl (C=O) groups is 1. The molecule has 5 nitrogen and oxygen atoms in total. The van der Waals surface area contributed by atoms with Gasteiger partial charge in [0.05, 0.1) is 17.3 Å². The van der Waals surface area contributed by atoms with Gasteiger partial charge in [0, 0.05) is 24.7 Å². The van der Waals surface area contributed by atoms with Crippen molar-refractivity contribution >= 4 is 18.3 Å². The molecule has 0 radical (unpaired) electrons. The van der Waals surface area contributed by atoms with Gasteiger partial charge in [0.1, 0.15) is 5.82 Å². The Kier molecular flexibility index (Phi) is 6.67. The first-order valence-corrected chi connectivity index (χ1v) is 9.44. The maximum absolute atomic E-state index is 14.1. The molecule has 1 amide bonds. The van der Waals surface area contributed by atoms with Crippen LogP contribution in [0.3, 0.4) is 0 Å². The molecule has 2 heterocycles. The number of likely N-dealkylation sites (N-methyl/N-ethyl adjacent to an activating group) is 1. The van der Waals surface area contributed by atoms with Crippen LogP contribution in [-0.2, 0) is 0 Å². The van der Waals surface area contributed by atoms with Crippen molar-refractivity contribution in [2.75, 3.05) is 20.1 Å². The van der Waals surface area contributed by atoms with Gasteiger partial charge in [-0.3, -0.25) is 4.79 Å². The van der Waals surface area contributed by atoms with Crippen molar-refractivity contribution in [3.8, 4) is 22.8 Å². The Labute approximate surface area is 175 Å². The molecule has 0 bridgehead atoms. The molecule has 0 aliphatic carbocycles. The van der Waals surface area contributed by atoms with E-state index in [1.54, 1.807) is 24.3 Å². The lowest BCUT2D eigenvalue weighted by atomic mass is 10.0. The number of amides is 1. The van der Waals surface area contributed by atoms with E-state index in [4.69, 9.17) is 4.42 Å². The minimum Gasteiger partial charge on any atom is -0.436 e. The van der Waals surface area contributed by atoms with Crippen molar-refractivity contribution in [3.05, 3.63) is 66.1 Å². The van der Waals surface area contributed by atoms with Crippen molar-refractivity contribution < 1.29 is 13.6 Å². The summed E-state index contributed by atoms with van der Waals surface area (Å²) in [5, 5.41) is 3.25. The maximum Gasteiger partial charge on any atom is 0.254 e. The number of nitrogens with one attached hydrogen (secondary N) is 1. The molecular weight excluding hydrogens is 393 g/mol. The van der Waals surface area contributed by atoms with Gasteiger partial charge in [-0.2, -0.15) is 0 Å². The molecule has 2 aromatic carbocycles. The normalized spacial score (nSPS) is 16.3. The zero-order chi connectivity index (χ0) is 19.5. The summed E-state index contributed by atoms with van der Waals surface area (Å²) in [6, 6.07) is 14.0. The number of aromatic nitrogens is 1. The first kappa shape index (κ1) is 21.0. The molecule has 152 valence electrons.